The lowest BCUT2D eigenvalue weighted by Gasteiger charge is -2.12. The summed E-state index contributed by atoms with van der Waals surface area (Å²) in [4.78, 5) is 29.8. The van der Waals surface area contributed by atoms with Gasteiger partial charge >= 0.3 is 0 Å². The number of rotatable bonds is 5. The van der Waals surface area contributed by atoms with Gasteiger partial charge in [0.15, 0.2) is 5.16 Å². The summed E-state index contributed by atoms with van der Waals surface area (Å²) in [6.45, 7) is 0. The summed E-state index contributed by atoms with van der Waals surface area (Å²) in [7, 11) is 0. The van der Waals surface area contributed by atoms with Crippen LogP contribution >= 0.6 is 34.7 Å². The molecule has 0 aliphatic carbocycles. The van der Waals surface area contributed by atoms with Crippen molar-refractivity contribution in [2.45, 2.75) is 5.16 Å². The number of halogens is 3. The molecule has 0 aliphatic rings. The van der Waals surface area contributed by atoms with Gasteiger partial charge in [0.2, 0.25) is 5.91 Å². The van der Waals surface area contributed by atoms with Gasteiger partial charge in [-0.15, -0.1) is 11.3 Å². The molecule has 4 rings (SSSR count). The van der Waals surface area contributed by atoms with Crippen molar-refractivity contribution in [3.63, 3.8) is 0 Å². The first-order chi connectivity index (χ1) is 14.4. The zero-order chi connectivity index (χ0) is 21.3. The van der Waals surface area contributed by atoms with Crippen molar-refractivity contribution in [2.75, 3.05) is 11.1 Å². The summed E-state index contributed by atoms with van der Waals surface area (Å²) in [6.07, 6.45) is 0. The number of benzene rings is 2. The molecule has 5 nitrogen and oxygen atoms in total. The van der Waals surface area contributed by atoms with E-state index in [2.05, 4.69) is 10.3 Å². The van der Waals surface area contributed by atoms with Crippen LogP contribution in [0.15, 0.2) is 63.9 Å². The molecule has 0 saturated carbocycles. The van der Waals surface area contributed by atoms with E-state index in [1.165, 1.54) is 11.3 Å². The van der Waals surface area contributed by atoms with Crippen LogP contribution < -0.4 is 10.9 Å². The van der Waals surface area contributed by atoms with Crippen LogP contribution in [0.3, 0.4) is 0 Å². The lowest BCUT2D eigenvalue weighted by Crippen LogP contribution is -2.22. The number of para-hydroxylation sites is 1. The number of nitrogens with zero attached hydrogens (tertiary/aromatic N) is 2. The molecule has 0 radical (unpaired) electrons. The standard InChI is InChI=1S/C20H12ClF2N3O2S2/c21-14-3-1-2-4-15(14)24-17(27)10-30-20-25-16-5-6-29-18(16)19(28)26(20)13-8-11(22)7-12(23)9-13/h1-9H,10H2,(H,24,27). The molecule has 1 N–H and O–H groups in total. The third-order valence-corrected chi connectivity index (χ3v) is 6.19. The fourth-order valence-electron chi connectivity index (χ4n) is 2.76. The highest BCUT2D eigenvalue weighted by Gasteiger charge is 2.17. The molecular formula is C20H12ClF2N3O2S2. The molecule has 0 fully saturated rings. The van der Waals surface area contributed by atoms with E-state index < -0.39 is 17.2 Å². The Labute approximate surface area is 182 Å². The second-order valence-corrected chi connectivity index (χ2v) is 8.38. The molecule has 0 bridgehead atoms. The summed E-state index contributed by atoms with van der Waals surface area (Å²) < 4.78 is 29.0. The van der Waals surface area contributed by atoms with Gasteiger partial charge in [-0.05, 0) is 35.7 Å². The number of hydrogen-bond acceptors (Lipinski definition) is 5. The molecule has 152 valence electrons. The number of carbonyl (C=O) groups is 1. The number of fused-ring (bicyclic) bond motifs is 1. The fraction of sp³-hybridized carbons (Fsp3) is 0.0500. The van der Waals surface area contributed by atoms with Crippen LogP contribution in [0, 0.1) is 11.6 Å². The van der Waals surface area contributed by atoms with E-state index in [0.717, 1.165) is 34.5 Å². The van der Waals surface area contributed by atoms with Crippen molar-refractivity contribution in [1.29, 1.82) is 0 Å². The fourth-order valence-corrected chi connectivity index (χ4v) is 4.52. The lowest BCUT2D eigenvalue weighted by molar-refractivity contribution is -0.113. The lowest BCUT2D eigenvalue weighted by atomic mass is 10.3. The Morgan fingerprint density at radius 3 is 2.63 bits per heavy atom. The first-order valence-electron chi connectivity index (χ1n) is 8.56. The molecule has 1 amide bonds. The molecule has 0 spiro atoms. The molecule has 2 heterocycles. The van der Waals surface area contributed by atoms with Crippen molar-refractivity contribution in [2.24, 2.45) is 0 Å². The van der Waals surface area contributed by atoms with Crippen molar-refractivity contribution >= 4 is 56.5 Å². The predicted octanol–water partition coefficient (Wildman–Crippen LogP) is 5.11. The molecule has 10 heteroatoms. The number of thiophene rings is 1. The summed E-state index contributed by atoms with van der Waals surface area (Å²) in [5.74, 6) is -2.11. The predicted molar refractivity (Wildman–Crippen MR) is 116 cm³/mol. The van der Waals surface area contributed by atoms with Gasteiger partial charge in [-0.2, -0.15) is 0 Å². The SMILES string of the molecule is O=C(CSc1nc2ccsc2c(=O)n1-c1cc(F)cc(F)c1)Nc1ccccc1Cl. The highest BCUT2D eigenvalue weighted by atomic mass is 35.5. The number of amides is 1. The maximum Gasteiger partial charge on any atom is 0.276 e. The van der Waals surface area contributed by atoms with Gasteiger partial charge in [-0.3, -0.25) is 14.2 Å². The van der Waals surface area contributed by atoms with E-state index in [4.69, 9.17) is 11.6 Å². The molecule has 0 aliphatic heterocycles. The maximum atomic E-state index is 13.8. The number of hydrogen-bond donors (Lipinski definition) is 1. The third-order valence-electron chi connectivity index (χ3n) is 4.03. The number of nitrogens with one attached hydrogen (secondary N) is 1. The van der Waals surface area contributed by atoms with Gasteiger partial charge in [0, 0.05) is 6.07 Å². The summed E-state index contributed by atoms with van der Waals surface area (Å²) in [6, 6.07) is 11.2. The van der Waals surface area contributed by atoms with Crippen LogP contribution in [0.25, 0.3) is 15.9 Å². The van der Waals surface area contributed by atoms with E-state index in [0.29, 0.717) is 20.9 Å². The number of thioether (sulfide) groups is 1. The normalized spacial score (nSPS) is 11.0. The zero-order valence-electron chi connectivity index (χ0n) is 15.1. The average molecular weight is 464 g/mol. The quantitative estimate of drug-likeness (QED) is 0.330. The zero-order valence-corrected chi connectivity index (χ0v) is 17.5. The largest absolute Gasteiger partial charge is 0.324 e. The van der Waals surface area contributed by atoms with Crippen LogP contribution in [0.2, 0.25) is 5.02 Å². The van der Waals surface area contributed by atoms with Gasteiger partial charge in [0.25, 0.3) is 5.56 Å². The molecule has 0 atom stereocenters. The molecule has 4 aromatic rings. The molecule has 2 aromatic heterocycles. The van der Waals surface area contributed by atoms with Crippen LogP contribution in [-0.2, 0) is 4.79 Å². The Bertz CT molecular complexity index is 1300. The van der Waals surface area contributed by atoms with E-state index in [1.807, 2.05) is 0 Å². The Balaban J connectivity index is 1.68. The van der Waals surface area contributed by atoms with Gasteiger partial charge in [-0.1, -0.05) is 35.5 Å². The maximum absolute atomic E-state index is 13.8. The van der Waals surface area contributed by atoms with Gasteiger partial charge in [0.1, 0.15) is 16.3 Å². The molecule has 0 unspecified atom stereocenters. The summed E-state index contributed by atoms with van der Waals surface area (Å²) >= 11 is 8.20. The Hall–Kier alpha value is -2.75. The van der Waals surface area contributed by atoms with Crippen LogP contribution in [0.1, 0.15) is 0 Å². The van der Waals surface area contributed by atoms with Crippen molar-refractivity contribution in [3.8, 4) is 5.69 Å². The van der Waals surface area contributed by atoms with Gasteiger partial charge in [0.05, 0.1) is 27.7 Å². The van der Waals surface area contributed by atoms with Gasteiger partial charge in [-0.25, -0.2) is 13.8 Å². The topological polar surface area (TPSA) is 64.0 Å². The summed E-state index contributed by atoms with van der Waals surface area (Å²) in [5.41, 5.74) is 0.436. The molecule has 2 aromatic carbocycles. The van der Waals surface area contributed by atoms with E-state index in [-0.39, 0.29) is 22.5 Å². The highest BCUT2D eigenvalue weighted by molar-refractivity contribution is 7.99. The third kappa shape index (κ3) is 4.23. The smallest absolute Gasteiger partial charge is 0.276 e. The highest BCUT2D eigenvalue weighted by Crippen LogP contribution is 2.25. The van der Waals surface area contributed by atoms with E-state index in [1.54, 1.807) is 35.7 Å². The second-order valence-electron chi connectivity index (χ2n) is 6.11. The Morgan fingerprint density at radius 1 is 1.17 bits per heavy atom. The minimum Gasteiger partial charge on any atom is -0.324 e. The van der Waals surface area contributed by atoms with Crippen LogP contribution in [0.4, 0.5) is 14.5 Å². The van der Waals surface area contributed by atoms with Crippen LogP contribution in [0.5, 0.6) is 0 Å². The van der Waals surface area contributed by atoms with Crippen LogP contribution in [-0.4, -0.2) is 21.2 Å². The first-order valence-corrected chi connectivity index (χ1v) is 10.8. The van der Waals surface area contributed by atoms with Crippen molar-refractivity contribution < 1.29 is 13.6 Å². The van der Waals surface area contributed by atoms with Crippen molar-refractivity contribution in [1.82, 2.24) is 9.55 Å². The Morgan fingerprint density at radius 2 is 1.90 bits per heavy atom. The summed E-state index contributed by atoms with van der Waals surface area (Å²) in [5, 5.41) is 4.92. The first kappa shape index (κ1) is 20.5. The molecule has 0 saturated heterocycles. The molecule has 30 heavy (non-hydrogen) atoms. The number of carbonyl (C=O) groups excluding carboxylic acids is 1. The molecular weight excluding hydrogens is 452 g/mol. The van der Waals surface area contributed by atoms with Gasteiger partial charge < -0.3 is 5.32 Å². The number of anilines is 1. The number of aromatic nitrogens is 2. The monoisotopic (exact) mass is 463 g/mol. The van der Waals surface area contributed by atoms with Crippen molar-refractivity contribution in [3.05, 3.63) is 80.9 Å². The van der Waals surface area contributed by atoms with E-state index in [9.17, 15) is 18.4 Å². The minimum atomic E-state index is -0.824. The Kier molecular flexibility index (Phi) is 5.85. The minimum absolute atomic E-state index is 0.00527. The van der Waals surface area contributed by atoms with E-state index >= 15 is 0 Å². The second kappa shape index (κ2) is 8.55. The average Bonchev–Trinajstić information content (AvgIpc) is 3.16.